The van der Waals surface area contributed by atoms with Crippen LogP contribution in [0.15, 0.2) is 24.3 Å². The van der Waals surface area contributed by atoms with Gasteiger partial charge in [0.25, 0.3) is 0 Å². The summed E-state index contributed by atoms with van der Waals surface area (Å²) >= 11 is 1.74. The van der Waals surface area contributed by atoms with Crippen LogP contribution in [0.4, 0.5) is 0 Å². The minimum atomic E-state index is 0.251. The lowest BCUT2D eigenvalue weighted by Crippen LogP contribution is -2.03. The molecule has 1 nitrogen and oxygen atoms in total. The van der Waals surface area contributed by atoms with Gasteiger partial charge >= 0.3 is 0 Å². The largest absolute Gasteiger partial charge is 0.293 e. The Labute approximate surface area is 109 Å². The minimum absolute atomic E-state index is 0.251. The van der Waals surface area contributed by atoms with Gasteiger partial charge in [0.15, 0.2) is 5.78 Å². The number of hydrogen-bond donors (Lipinski definition) is 0. The van der Waals surface area contributed by atoms with Crippen molar-refractivity contribution in [2.24, 2.45) is 0 Å². The van der Waals surface area contributed by atoms with Crippen molar-refractivity contribution in [3.05, 3.63) is 35.4 Å². The molecule has 0 atom stereocenters. The van der Waals surface area contributed by atoms with Crippen molar-refractivity contribution in [1.82, 2.24) is 0 Å². The molecule has 0 aliphatic heterocycles. The van der Waals surface area contributed by atoms with Crippen LogP contribution in [-0.2, 0) is 0 Å². The molecule has 0 spiro atoms. The van der Waals surface area contributed by atoms with Crippen LogP contribution in [-0.4, -0.2) is 17.3 Å². The molecule has 0 saturated heterocycles. The van der Waals surface area contributed by atoms with E-state index in [4.69, 9.17) is 0 Å². The average Bonchev–Trinajstić information content (AvgIpc) is 2.34. The quantitative estimate of drug-likeness (QED) is 0.522. The van der Waals surface area contributed by atoms with Crippen molar-refractivity contribution >= 4 is 17.5 Å². The Morgan fingerprint density at radius 2 is 1.88 bits per heavy atom. The number of unbranched alkanes of at least 4 members (excludes halogenated alkanes) is 1. The molecule has 0 aromatic heterocycles. The molecule has 0 saturated carbocycles. The molecule has 0 heterocycles. The van der Waals surface area contributed by atoms with E-state index < -0.39 is 0 Å². The van der Waals surface area contributed by atoms with E-state index >= 15 is 0 Å². The molecule has 0 radical (unpaired) electrons. The Balaban J connectivity index is 2.46. The highest BCUT2D eigenvalue weighted by molar-refractivity contribution is 7.99. The zero-order valence-corrected chi connectivity index (χ0v) is 11.8. The van der Waals surface area contributed by atoms with Gasteiger partial charge in [0.2, 0.25) is 0 Å². The summed E-state index contributed by atoms with van der Waals surface area (Å²) in [6, 6.07) is 8.04. The fourth-order valence-electron chi connectivity index (χ4n) is 1.55. The minimum Gasteiger partial charge on any atom is -0.293 e. The van der Waals surface area contributed by atoms with Gasteiger partial charge in [-0.1, -0.05) is 51.5 Å². The summed E-state index contributed by atoms with van der Waals surface area (Å²) in [6.07, 6.45) is 2.40. The van der Waals surface area contributed by atoms with Gasteiger partial charge in [-0.05, 0) is 23.7 Å². The number of carbonyl (C=O) groups is 1. The lowest BCUT2D eigenvalue weighted by Gasteiger charge is -2.06. The summed E-state index contributed by atoms with van der Waals surface area (Å²) in [4.78, 5) is 11.9. The van der Waals surface area contributed by atoms with Gasteiger partial charge in [-0.3, -0.25) is 4.79 Å². The summed E-state index contributed by atoms with van der Waals surface area (Å²) in [5, 5.41) is 0. The predicted octanol–water partition coefficient (Wildman–Crippen LogP) is 4.53. The van der Waals surface area contributed by atoms with Gasteiger partial charge < -0.3 is 0 Å². The van der Waals surface area contributed by atoms with Crippen molar-refractivity contribution in [1.29, 1.82) is 0 Å². The second-order valence-corrected chi connectivity index (χ2v) is 5.71. The Kier molecular flexibility index (Phi) is 6.35. The number of rotatable bonds is 7. The topological polar surface area (TPSA) is 17.1 Å². The van der Waals surface area contributed by atoms with Gasteiger partial charge in [0.05, 0.1) is 5.75 Å². The number of benzene rings is 1. The molecule has 0 aliphatic carbocycles. The summed E-state index contributed by atoms with van der Waals surface area (Å²) < 4.78 is 0. The molecular weight excluding hydrogens is 228 g/mol. The monoisotopic (exact) mass is 250 g/mol. The zero-order chi connectivity index (χ0) is 12.7. The molecule has 1 aromatic rings. The SMILES string of the molecule is CCCCSCC(=O)c1ccc(C(C)C)cc1. The van der Waals surface area contributed by atoms with Gasteiger partial charge in [-0.15, -0.1) is 0 Å². The Bertz CT molecular complexity index is 340. The third kappa shape index (κ3) is 4.95. The van der Waals surface area contributed by atoms with Gasteiger partial charge in [-0.2, -0.15) is 11.8 Å². The molecule has 17 heavy (non-hydrogen) atoms. The Morgan fingerprint density at radius 1 is 1.24 bits per heavy atom. The molecule has 94 valence electrons. The lowest BCUT2D eigenvalue weighted by molar-refractivity contribution is 0.102. The summed E-state index contributed by atoms with van der Waals surface area (Å²) in [5.74, 6) is 2.48. The molecule has 0 bridgehead atoms. The number of ketones is 1. The summed E-state index contributed by atoms with van der Waals surface area (Å²) in [6.45, 7) is 6.50. The van der Waals surface area contributed by atoms with Crippen molar-refractivity contribution in [2.75, 3.05) is 11.5 Å². The van der Waals surface area contributed by atoms with E-state index in [-0.39, 0.29) is 5.78 Å². The van der Waals surface area contributed by atoms with Crippen LogP contribution in [0.3, 0.4) is 0 Å². The number of hydrogen-bond acceptors (Lipinski definition) is 2. The van der Waals surface area contributed by atoms with Crippen LogP contribution >= 0.6 is 11.8 Å². The maximum absolute atomic E-state index is 11.9. The number of Topliss-reactive ketones (excluding diaryl/α,β-unsaturated/α-hetero) is 1. The lowest BCUT2D eigenvalue weighted by atomic mass is 10.0. The first kappa shape index (κ1) is 14.3. The number of thioether (sulfide) groups is 1. The zero-order valence-electron chi connectivity index (χ0n) is 11.0. The van der Waals surface area contributed by atoms with Crippen molar-refractivity contribution < 1.29 is 4.79 Å². The van der Waals surface area contributed by atoms with Crippen LogP contribution < -0.4 is 0 Å². The normalized spacial score (nSPS) is 10.8. The van der Waals surface area contributed by atoms with E-state index in [2.05, 4.69) is 32.9 Å². The van der Waals surface area contributed by atoms with E-state index in [0.717, 1.165) is 11.3 Å². The van der Waals surface area contributed by atoms with Crippen molar-refractivity contribution in [3.8, 4) is 0 Å². The molecule has 0 aliphatic rings. The molecule has 0 unspecified atom stereocenters. The molecule has 0 N–H and O–H groups in total. The van der Waals surface area contributed by atoms with Crippen LogP contribution in [0.2, 0.25) is 0 Å². The molecule has 0 amide bonds. The van der Waals surface area contributed by atoms with Gasteiger partial charge in [-0.25, -0.2) is 0 Å². The van der Waals surface area contributed by atoms with Crippen LogP contribution in [0.25, 0.3) is 0 Å². The summed E-state index contributed by atoms with van der Waals surface area (Å²) in [7, 11) is 0. The smallest absolute Gasteiger partial charge is 0.172 e. The molecule has 1 aromatic carbocycles. The van der Waals surface area contributed by atoms with Crippen molar-refractivity contribution in [2.45, 2.75) is 39.5 Å². The highest BCUT2D eigenvalue weighted by Crippen LogP contribution is 2.16. The van der Waals surface area contributed by atoms with Gasteiger partial charge in [0.1, 0.15) is 0 Å². The first-order valence-corrected chi connectivity index (χ1v) is 7.51. The van der Waals surface area contributed by atoms with Crippen LogP contribution in [0.1, 0.15) is 55.5 Å². The van der Waals surface area contributed by atoms with E-state index in [0.29, 0.717) is 11.7 Å². The second kappa shape index (κ2) is 7.54. The van der Waals surface area contributed by atoms with Crippen LogP contribution in [0.5, 0.6) is 0 Å². The first-order chi connectivity index (χ1) is 8.15. The van der Waals surface area contributed by atoms with E-state index in [1.54, 1.807) is 11.8 Å². The maximum Gasteiger partial charge on any atom is 0.172 e. The Hall–Kier alpha value is -0.760. The third-order valence-corrected chi connectivity index (χ3v) is 3.82. The number of carbonyl (C=O) groups excluding carboxylic acids is 1. The highest BCUT2D eigenvalue weighted by Gasteiger charge is 2.06. The standard InChI is InChI=1S/C15H22OS/c1-4-5-10-17-11-15(16)14-8-6-13(7-9-14)12(2)3/h6-9,12H,4-5,10-11H2,1-3H3. The van der Waals surface area contributed by atoms with Gasteiger partial charge in [0, 0.05) is 5.56 Å². The molecule has 1 rings (SSSR count). The van der Waals surface area contributed by atoms with E-state index in [9.17, 15) is 4.79 Å². The maximum atomic E-state index is 11.9. The fraction of sp³-hybridized carbons (Fsp3) is 0.533. The highest BCUT2D eigenvalue weighted by atomic mass is 32.2. The molecule has 2 heteroatoms. The fourth-order valence-corrected chi connectivity index (χ4v) is 2.54. The average molecular weight is 250 g/mol. The van der Waals surface area contributed by atoms with E-state index in [1.807, 2.05) is 12.1 Å². The molecular formula is C15H22OS. The predicted molar refractivity (Wildman–Crippen MR) is 77.1 cm³/mol. The second-order valence-electron chi connectivity index (χ2n) is 4.61. The third-order valence-electron chi connectivity index (χ3n) is 2.77. The van der Waals surface area contributed by atoms with E-state index in [1.165, 1.54) is 18.4 Å². The Morgan fingerprint density at radius 3 is 2.41 bits per heavy atom. The first-order valence-electron chi connectivity index (χ1n) is 6.36. The molecule has 0 fully saturated rings. The van der Waals surface area contributed by atoms with Crippen molar-refractivity contribution in [3.63, 3.8) is 0 Å². The summed E-state index contributed by atoms with van der Waals surface area (Å²) in [5.41, 5.74) is 2.14. The van der Waals surface area contributed by atoms with Crippen LogP contribution in [0, 0.1) is 0 Å².